The summed E-state index contributed by atoms with van der Waals surface area (Å²) in [5.41, 5.74) is 0.986. The fourth-order valence-corrected chi connectivity index (χ4v) is 1.47. The van der Waals surface area contributed by atoms with Crippen LogP contribution in [0.5, 0.6) is 17.2 Å². The molecule has 0 saturated carbocycles. The van der Waals surface area contributed by atoms with Crippen LogP contribution in [-0.2, 0) is 11.3 Å². The van der Waals surface area contributed by atoms with Gasteiger partial charge >= 0.3 is 0 Å². The smallest absolute Gasteiger partial charge is 0.203 e. The van der Waals surface area contributed by atoms with Crippen molar-refractivity contribution < 1.29 is 18.9 Å². The highest BCUT2D eigenvalue weighted by molar-refractivity contribution is 5.53. The molecule has 0 atom stereocenters. The minimum absolute atomic E-state index is 0.513. The highest BCUT2D eigenvalue weighted by Crippen LogP contribution is 2.38. The van der Waals surface area contributed by atoms with Gasteiger partial charge in [0.25, 0.3) is 0 Å². The van der Waals surface area contributed by atoms with Gasteiger partial charge in [0, 0.05) is 7.11 Å². The fourth-order valence-electron chi connectivity index (χ4n) is 1.47. The predicted octanol–water partition coefficient (Wildman–Crippen LogP) is 2.25. The Morgan fingerprint density at radius 1 is 1.00 bits per heavy atom. The number of methoxy groups -OCH3 is 3. The molecular weight excluding hydrogens is 208 g/mol. The SMILES string of the molecule is CCOc1c(OC)cc(COC)cc1OC. The third-order valence-electron chi connectivity index (χ3n) is 2.12. The third-order valence-corrected chi connectivity index (χ3v) is 2.12. The molecule has 1 aromatic carbocycles. The van der Waals surface area contributed by atoms with Gasteiger partial charge in [-0.2, -0.15) is 0 Å². The molecule has 0 saturated heterocycles. The van der Waals surface area contributed by atoms with Crippen molar-refractivity contribution in [3.63, 3.8) is 0 Å². The van der Waals surface area contributed by atoms with Gasteiger partial charge in [-0.15, -0.1) is 0 Å². The first kappa shape index (κ1) is 12.6. The Labute approximate surface area is 96.1 Å². The number of hydrogen-bond acceptors (Lipinski definition) is 4. The summed E-state index contributed by atoms with van der Waals surface area (Å²) in [5.74, 6) is 1.95. The summed E-state index contributed by atoms with van der Waals surface area (Å²) in [6.07, 6.45) is 0. The second kappa shape index (κ2) is 6.23. The number of hydrogen-bond donors (Lipinski definition) is 0. The van der Waals surface area contributed by atoms with Crippen LogP contribution in [0, 0.1) is 0 Å². The zero-order chi connectivity index (χ0) is 12.0. The summed E-state index contributed by atoms with van der Waals surface area (Å²) in [4.78, 5) is 0. The quantitative estimate of drug-likeness (QED) is 0.745. The predicted molar refractivity (Wildman–Crippen MR) is 61.4 cm³/mol. The van der Waals surface area contributed by atoms with Crippen molar-refractivity contribution in [2.24, 2.45) is 0 Å². The molecule has 0 aliphatic heterocycles. The van der Waals surface area contributed by atoms with Crippen molar-refractivity contribution in [1.29, 1.82) is 0 Å². The molecule has 0 aliphatic rings. The standard InChI is InChI=1S/C12H18O4/c1-5-16-12-10(14-3)6-9(8-13-2)7-11(12)15-4/h6-7H,5,8H2,1-4H3. The summed E-state index contributed by atoms with van der Waals surface area (Å²) >= 11 is 0. The van der Waals surface area contributed by atoms with Gasteiger partial charge in [0.1, 0.15) is 0 Å². The van der Waals surface area contributed by atoms with Crippen LogP contribution < -0.4 is 14.2 Å². The number of rotatable bonds is 6. The lowest BCUT2D eigenvalue weighted by Crippen LogP contribution is -2.00. The van der Waals surface area contributed by atoms with Gasteiger partial charge in [0.15, 0.2) is 11.5 Å². The van der Waals surface area contributed by atoms with E-state index in [-0.39, 0.29) is 0 Å². The van der Waals surface area contributed by atoms with E-state index in [0.717, 1.165) is 5.56 Å². The molecule has 1 rings (SSSR count). The molecule has 90 valence electrons. The lowest BCUT2D eigenvalue weighted by molar-refractivity contribution is 0.184. The van der Waals surface area contributed by atoms with E-state index in [1.807, 2.05) is 19.1 Å². The Morgan fingerprint density at radius 2 is 1.56 bits per heavy atom. The molecule has 0 unspecified atom stereocenters. The summed E-state index contributed by atoms with van der Waals surface area (Å²) in [6.45, 7) is 3.00. The van der Waals surface area contributed by atoms with E-state index in [9.17, 15) is 0 Å². The van der Waals surface area contributed by atoms with Crippen LogP contribution in [-0.4, -0.2) is 27.9 Å². The summed E-state index contributed by atoms with van der Waals surface area (Å²) < 4.78 is 21.1. The average Bonchev–Trinajstić information content (AvgIpc) is 2.31. The zero-order valence-corrected chi connectivity index (χ0v) is 10.2. The van der Waals surface area contributed by atoms with E-state index in [1.165, 1.54) is 0 Å². The lowest BCUT2D eigenvalue weighted by Gasteiger charge is -2.15. The Bertz CT molecular complexity index is 311. The Hall–Kier alpha value is -1.42. The van der Waals surface area contributed by atoms with Gasteiger partial charge in [0.05, 0.1) is 27.4 Å². The van der Waals surface area contributed by atoms with Gasteiger partial charge < -0.3 is 18.9 Å². The van der Waals surface area contributed by atoms with Crippen LogP contribution >= 0.6 is 0 Å². The van der Waals surface area contributed by atoms with E-state index in [0.29, 0.717) is 30.5 Å². The van der Waals surface area contributed by atoms with E-state index >= 15 is 0 Å². The highest BCUT2D eigenvalue weighted by atomic mass is 16.5. The van der Waals surface area contributed by atoms with Crippen molar-refractivity contribution in [1.82, 2.24) is 0 Å². The minimum atomic E-state index is 0.513. The lowest BCUT2D eigenvalue weighted by atomic mass is 10.2. The molecule has 0 aromatic heterocycles. The summed E-state index contributed by atoms with van der Waals surface area (Å²) in [6, 6.07) is 3.77. The minimum Gasteiger partial charge on any atom is -0.493 e. The zero-order valence-electron chi connectivity index (χ0n) is 10.2. The first-order valence-electron chi connectivity index (χ1n) is 5.13. The second-order valence-corrected chi connectivity index (χ2v) is 3.20. The van der Waals surface area contributed by atoms with Gasteiger partial charge in [-0.05, 0) is 24.6 Å². The molecule has 0 spiro atoms. The van der Waals surface area contributed by atoms with E-state index in [4.69, 9.17) is 18.9 Å². The van der Waals surface area contributed by atoms with Crippen LogP contribution in [0.2, 0.25) is 0 Å². The molecule has 0 heterocycles. The summed E-state index contributed by atoms with van der Waals surface area (Å²) in [7, 11) is 4.86. The van der Waals surface area contributed by atoms with Crippen LogP contribution in [0.4, 0.5) is 0 Å². The molecule has 16 heavy (non-hydrogen) atoms. The van der Waals surface area contributed by atoms with Crippen LogP contribution in [0.1, 0.15) is 12.5 Å². The van der Waals surface area contributed by atoms with Gasteiger partial charge in [-0.1, -0.05) is 0 Å². The fraction of sp³-hybridized carbons (Fsp3) is 0.500. The average molecular weight is 226 g/mol. The largest absolute Gasteiger partial charge is 0.493 e. The Balaban J connectivity index is 3.14. The van der Waals surface area contributed by atoms with Crippen molar-refractivity contribution in [2.45, 2.75) is 13.5 Å². The molecule has 0 fully saturated rings. The molecule has 0 amide bonds. The van der Waals surface area contributed by atoms with Crippen molar-refractivity contribution in [3.8, 4) is 17.2 Å². The topological polar surface area (TPSA) is 36.9 Å². The maximum absolute atomic E-state index is 5.49. The molecular formula is C12H18O4. The van der Waals surface area contributed by atoms with Gasteiger partial charge in [-0.25, -0.2) is 0 Å². The number of ether oxygens (including phenoxy) is 4. The monoisotopic (exact) mass is 226 g/mol. The second-order valence-electron chi connectivity index (χ2n) is 3.20. The van der Waals surface area contributed by atoms with Crippen LogP contribution in [0.15, 0.2) is 12.1 Å². The maximum Gasteiger partial charge on any atom is 0.203 e. The molecule has 1 aromatic rings. The molecule has 0 N–H and O–H groups in total. The maximum atomic E-state index is 5.49. The third kappa shape index (κ3) is 2.79. The highest BCUT2D eigenvalue weighted by Gasteiger charge is 2.13. The van der Waals surface area contributed by atoms with Crippen molar-refractivity contribution in [3.05, 3.63) is 17.7 Å². The summed E-state index contributed by atoms with van der Waals surface area (Å²) in [5, 5.41) is 0. The molecule has 0 aliphatic carbocycles. The molecule has 4 heteroatoms. The normalized spacial score (nSPS) is 10.0. The Kier molecular flexibility index (Phi) is 4.92. The van der Waals surface area contributed by atoms with Crippen LogP contribution in [0.25, 0.3) is 0 Å². The first-order valence-corrected chi connectivity index (χ1v) is 5.13. The van der Waals surface area contributed by atoms with Gasteiger partial charge in [-0.3, -0.25) is 0 Å². The molecule has 0 bridgehead atoms. The van der Waals surface area contributed by atoms with Crippen molar-refractivity contribution >= 4 is 0 Å². The first-order chi connectivity index (χ1) is 7.76. The van der Waals surface area contributed by atoms with E-state index in [1.54, 1.807) is 21.3 Å². The van der Waals surface area contributed by atoms with Crippen LogP contribution in [0.3, 0.4) is 0 Å². The van der Waals surface area contributed by atoms with Crippen molar-refractivity contribution in [2.75, 3.05) is 27.9 Å². The molecule has 0 radical (unpaired) electrons. The Morgan fingerprint density at radius 3 is 1.94 bits per heavy atom. The number of benzene rings is 1. The molecule has 4 nitrogen and oxygen atoms in total. The van der Waals surface area contributed by atoms with E-state index in [2.05, 4.69) is 0 Å². The van der Waals surface area contributed by atoms with Gasteiger partial charge in [0.2, 0.25) is 5.75 Å². The van der Waals surface area contributed by atoms with E-state index < -0.39 is 0 Å².